The monoisotopic (exact) mass is 833 g/mol. The normalized spacial score (nSPS) is 12.4. The maximum absolute atomic E-state index is 11.2. The van der Waals surface area contributed by atoms with E-state index in [0.717, 1.165) is 45.3 Å². The van der Waals surface area contributed by atoms with Crippen molar-refractivity contribution in [2.24, 2.45) is 0 Å². The number of hydrogen-bond acceptors (Lipinski definition) is 4. The number of phenols is 1. The van der Waals surface area contributed by atoms with Crippen molar-refractivity contribution in [3.05, 3.63) is 119 Å². The summed E-state index contributed by atoms with van der Waals surface area (Å²) >= 11 is 0. The van der Waals surface area contributed by atoms with E-state index in [2.05, 4.69) is 137 Å². The van der Waals surface area contributed by atoms with Crippen LogP contribution in [0.2, 0.25) is 0 Å². The molecule has 5 heteroatoms. The molecule has 2 heterocycles. The topological polar surface area (TPSA) is 49.2 Å². The van der Waals surface area contributed by atoms with Gasteiger partial charge in [0, 0.05) is 32.9 Å². The summed E-state index contributed by atoms with van der Waals surface area (Å²) in [6.45, 7) is 26.6. The number of nitrogens with zero attached hydrogens (tertiary/aromatic N) is 3. The molecule has 0 saturated heterocycles. The molecule has 0 aliphatic heterocycles. The number of rotatable bonds is 5. The molecular formula is C44H52N3OPt-. The number of aromatic nitrogens is 2. The minimum atomic E-state index is -0.0696. The summed E-state index contributed by atoms with van der Waals surface area (Å²) < 4.78 is 0. The Balaban J connectivity index is 0.00000541. The summed E-state index contributed by atoms with van der Waals surface area (Å²) in [5.41, 5.74) is 9.59. The van der Waals surface area contributed by atoms with Crippen molar-refractivity contribution in [1.29, 1.82) is 0 Å². The van der Waals surface area contributed by atoms with E-state index in [-0.39, 0.29) is 48.5 Å². The van der Waals surface area contributed by atoms with E-state index in [0.29, 0.717) is 0 Å². The first-order chi connectivity index (χ1) is 22.2. The molecule has 5 aromatic rings. The van der Waals surface area contributed by atoms with Gasteiger partial charge in [0.2, 0.25) is 0 Å². The van der Waals surface area contributed by atoms with Gasteiger partial charge in [-0.15, -0.1) is 29.8 Å². The molecule has 0 aliphatic carbocycles. The van der Waals surface area contributed by atoms with Crippen molar-refractivity contribution in [3.8, 4) is 28.3 Å². The van der Waals surface area contributed by atoms with E-state index in [9.17, 15) is 5.11 Å². The number of phenolic OH excluding ortho intramolecular Hbond substituents is 1. The van der Waals surface area contributed by atoms with Gasteiger partial charge in [0.05, 0.1) is 17.1 Å². The largest absolute Gasteiger partial charge is 0.517 e. The zero-order valence-corrected chi connectivity index (χ0v) is 33.5. The van der Waals surface area contributed by atoms with Gasteiger partial charge in [-0.25, -0.2) is 4.98 Å². The molecule has 0 radical (unpaired) electrons. The van der Waals surface area contributed by atoms with Crippen LogP contribution in [0.1, 0.15) is 105 Å². The smallest absolute Gasteiger partial charge is 0.136 e. The van der Waals surface area contributed by atoms with E-state index in [1.807, 2.05) is 48.7 Å². The molecule has 0 fully saturated rings. The van der Waals surface area contributed by atoms with Crippen LogP contribution in [0, 0.1) is 6.07 Å². The molecule has 0 amide bonds. The second-order valence-electron chi connectivity index (χ2n) is 17.1. The molecule has 5 rings (SSSR count). The fourth-order valence-electron chi connectivity index (χ4n) is 5.65. The zero-order valence-electron chi connectivity index (χ0n) is 31.3. The summed E-state index contributed by atoms with van der Waals surface area (Å²) in [5.74, 6) is 1.01. The van der Waals surface area contributed by atoms with E-state index in [4.69, 9.17) is 9.97 Å². The maximum atomic E-state index is 11.2. The standard InChI is InChI=1S/C44H52N3O.Pt/c1-41(2,3)30-19-21-36(39(48)27-30)29-15-13-16-34(23-29)47(35-25-32(43(7,8)9)24-33(26-35)44(10,11)12)40-18-14-17-38(46-40)37-22-20-31(28-45-37)42(4,5)6;/h13-22,24-28,48H,1-12H3;/q-1;. The Morgan fingerprint density at radius 2 is 1.14 bits per heavy atom. The average Bonchev–Trinajstić information content (AvgIpc) is 3.00. The van der Waals surface area contributed by atoms with Gasteiger partial charge in [-0.1, -0.05) is 119 Å². The molecule has 0 atom stereocenters. The summed E-state index contributed by atoms with van der Waals surface area (Å²) in [7, 11) is 0. The van der Waals surface area contributed by atoms with Crippen molar-refractivity contribution in [1.82, 2.24) is 9.97 Å². The third-order valence-electron chi connectivity index (χ3n) is 8.94. The van der Waals surface area contributed by atoms with Crippen LogP contribution >= 0.6 is 0 Å². The van der Waals surface area contributed by atoms with Crippen LogP contribution in [0.3, 0.4) is 0 Å². The van der Waals surface area contributed by atoms with Gasteiger partial charge < -0.3 is 10.0 Å². The first-order valence-corrected chi connectivity index (χ1v) is 17.0. The van der Waals surface area contributed by atoms with Crippen LogP contribution < -0.4 is 4.90 Å². The molecule has 0 unspecified atom stereocenters. The van der Waals surface area contributed by atoms with E-state index >= 15 is 0 Å². The maximum Gasteiger partial charge on any atom is 0.136 e. The van der Waals surface area contributed by atoms with Gasteiger partial charge in [0.25, 0.3) is 0 Å². The van der Waals surface area contributed by atoms with E-state index < -0.39 is 0 Å². The zero-order chi connectivity index (χ0) is 35.2. The van der Waals surface area contributed by atoms with Gasteiger partial charge in [0.15, 0.2) is 0 Å². The number of benzene rings is 3. The number of hydrogen-bond donors (Lipinski definition) is 1. The molecular weight excluding hydrogens is 782 g/mol. The quantitative estimate of drug-likeness (QED) is 0.179. The summed E-state index contributed by atoms with van der Waals surface area (Å²) in [6, 6.07) is 32.9. The van der Waals surface area contributed by atoms with E-state index in [1.165, 1.54) is 16.7 Å². The van der Waals surface area contributed by atoms with Crippen LogP contribution in [0.15, 0.2) is 91.1 Å². The molecule has 0 spiro atoms. The fourth-order valence-corrected chi connectivity index (χ4v) is 5.65. The second kappa shape index (κ2) is 13.9. The van der Waals surface area contributed by atoms with Crippen LogP contribution in [0.5, 0.6) is 5.75 Å². The molecule has 3 aromatic carbocycles. The first-order valence-electron chi connectivity index (χ1n) is 17.0. The van der Waals surface area contributed by atoms with Gasteiger partial charge in [0.1, 0.15) is 5.82 Å². The molecule has 4 nitrogen and oxygen atoms in total. The molecule has 0 saturated carbocycles. The molecule has 0 bridgehead atoms. The summed E-state index contributed by atoms with van der Waals surface area (Å²) in [5, 5.41) is 11.2. The van der Waals surface area contributed by atoms with Gasteiger partial charge in [-0.3, -0.25) is 4.98 Å². The average molecular weight is 834 g/mol. The molecule has 49 heavy (non-hydrogen) atoms. The second-order valence-corrected chi connectivity index (χ2v) is 17.1. The Kier molecular flexibility index (Phi) is 10.8. The third-order valence-corrected chi connectivity index (χ3v) is 8.94. The fraction of sp³-hybridized carbons (Fsp3) is 0.364. The number of pyridine rings is 2. The van der Waals surface area contributed by atoms with Crippen molar-refractivity contribution in [2.45, 2.75) is 105 Å². The minimum Gasteiger partial charge on any atom is -0.517 e. The summed E-state index contributed by atoms with van der Waals surface area (Å²) in [4.78, 5) is 12.2. The predicted octanol–water partition coefficient (Wildman–Crippen LogP) is 12.0. The molecule has 1 N–H and O–H groups in total. The number of anilines is 3. The van der Waals surface area contributed by atoms with Gasteiger partial charge in [-0.05, 0) is 86.0 Å². The Bertz CT molecular complexity index is 1880. The SMILES string of the molecule is CC(C)(C)c1ccc(-c2cccc(N(c3[c-]c(-c4ccc(C(C)(C)C)cc4O)ccc3)c3cc(C(C)(C)C)cc(C(C)(C)C)c3)n2)nc1.[Pt]. The molecule has 260 valence electrons. The van der Waals surface area contributed by atoms with Gasteiger partial charge >= 0.3 is 0 Å². The van der Waals surface area contributed by atoms with Crippen molar-refractivity contribution >= 4 is 17.2 Å². The van der Waals surface area contributed by atoms with E-state index in [1.54, 1.807) is 0 Å². The first kappa shape index (κ1) is 38.1. The van der Waals surface area contributed by atoms with Crippen molar-refractivity contribution < 1.29 is 26.2 Å². The van der Waals surface area contributed by atoms with Crippen LogP contribution in [0.4, 0.5) is 17.2 Å². The summed E-state index contributed by atoms with van der Waals surface area (Å²) in [6.07, 6.45) is 1.96. The molecule has 0 aliphatic rings. The minimum absolute atomic E-state index is 0. The van der Waals surface area contributed by atoms with Crippen LogP contribution in [-0.2, 0) is 42.7 Å². The Hall–Kier alpha value is -3.75. The predicted molar refractivity (Wildman–Crippen MR) is 203 cm³/mol. The van der Waals surface area contributed by atoms with Crippen molar-refractivity contribution in [2.75, 3.05) is 4.90 Å². The van der Waals surface area contributed by atoms with Crippen LogP contribution in [-0.4, -0.2) is 15.1 Å². The Morgan fingerprint density at radius 3 is 1.67 bits per heavy atom. The Morgan fingerprint density at radius 1 is 0.571 bits per heavy atom. The Labute approximate surface area is 309 Å². The van der Waals surface area contributed by atoms with Crippen LogP contribution in [0.25, 0.3) is 22.5 Å². The number of aromatic hydroxyl groups is 1. The van der Waals surface area contributed by atoms with Crippen molar-refractivity contribution in [3.63, 3.8) is 0 Å². The van der Waals surface area contributed by atoms with Gasteiger partial charge in [-0.2, -0.15) is 0 Å². The molecule has 2 aromatic heterocycles. The third kappa shape index (κ3) is 8.71.